The number of H-pyrrole nitrogens is 1. The van der Waals surface area contributed by atoms with Gasteiger partial charge in [-0.15, -0.1) is 0 Å². The highest BCUT2D eigenvalue weighted by Gasteiger charge is 2.50. The highest BCUT2D eigenvalue weighted by molar-refractivity contribution is 5.92. The van der Waals surface area contributed by atoms with Crippen molar-refractivity contribution in [2.45, 2.75) is 6.04 Å². The van der Waals surface area contributed by atoms with Gasteiger partial charge in [0.2, 0.25) is 0 Å². The SMILES string of the molecule is CN(C)C(=O)N1C[C@H]2CN(C(=O)c3ccn[nH]3)C[C@H]2[C@H]1c1cccc(F)c1. The van der Waals surface area contributed by atoms with Crippen LogP contribution in [0.2, 0.25) is 0 Å². The van der Waals surface area contributed by atoms with Crippen molar-refractivity contribution in [2.24, 2.45) is 11.8 Å². The molecular formula is C19H22FN5O2. The topological polar surface area (TPSA) is 72.5 Å². The summed E-state index contributed by atoms with van der Waals surface area (Å²) in [5.41, 5.74) is 1.23. The van der Waals surface area contributed by atoms with Crippen molar-refractivity contribution in [3.8, 4) is 0 Å². The van der Waals surface area contributed by atoms with Gasteiger partial charge in [-0.3, -0.25) is 9.89 Å². The van der Waals surface area contributed by atoms with Crippen LogP contribution < -0.4 is 0 Å². The molecule has 0 saturated carbocycles. The predicted octanol–water partition coefficient (Wildman–Crippen LogP) is 1.98. The minimum atomic E-state index is -0.323. The maximum atomic E-state index is 13.9. The summed E-state index contributed by atoms with van der Waals surface area (Å²) in [4.78, 5) is 30.5. The summed E-state index contributed by atoms with van der Waals surface area (Å²) in [5.74, 6) is -0.182. The molecule has 7 nitrogen and oxygen atoms in total. The van der Waals surface area contributed by atoms with Crippen molar-refractivity contribution >= 4 is 11.9 Å². The standard InChI is InChI=1S/C19H22FN5O2/c1-23(2)19(27)25-10-13-9-24(18(26)16-6-7-21-22-16)11-15(13)17(25)12-4-3-5-14(20)8-12/h3-8,13,15,17H,9-11H2,1-2H3,(H,21,22)/t13-,15-,17-/m1/s1. The van der Waals surface area contributed by atoms with Crippen molar-refractivity contribution in [1.29, 1.82) is 0 Å². The number of carbonyl (C=O) groups excluding carboxylic acids is 2. The van der Waals surface area contributed by atoms with Crippen LogP contribution in [0.3, 0.4) is 0 Å². The maximum absolute atomic E-state index is 13.9. The number of amides is 3. The van der Waals surface area contributed by atoms with Crippen LogP contribution in [0, 0.1) is 17.7 Å². The number of hydrogen-bond donors (Lipinski definition) is 1. The van der Waals surface area contributed by atoms with Gasteiger partial charge in [-0.2, -0.15) is 5.10 Å². The molecule has 0 radical (unpaired) electrons. The molecule has 2 aliphatic heterocycles. The van der Waals surface area contributed by atoms with Gasteiger partial charge in [0.15, 0.2) is 0 Å². The molecule has 0 unspecified atom stereocenters. The minimum Gasteiger partial charge on any atom is -0.337 e. The van der Waals surface area contributed by atoms with E-state index in [-0.39, 0.29) is 35.6 Å². The molecular weight excluding hydrogens is 349 g/mol. The maximum Gasteiger partial charge on any atom is 0.320 e. The second kappa shape index (κ2) is 6.68. The Balaban J connectivity index is 1.63. The van der Waals surface area contributed by atoms with Crippen LogP contribution in [-0.2, 0) is 0 Å². The molecule has 3 atom stereocenters. The Labute approximate surface area is 156 Å². The summed E-state index contributed by atoms with van der Waals surface area (Å²) in [6.07, 6.45) is 1.55. The first-order valence-corrected chi connectivity index (χ1v) is 8.97. The number of aromatic amines is 1. The highest BCUT2D eigenvalue weighted by Crippen LogP contribution is 2.45. The molecule has 0 spiro atoms. The van der Waals surface area contributed by atoms with E-state index in [1.807, 2.05) is 11.0 Å². The Hall–Kier alpha value is -2.90. The quantitative estimate of drug-likeness (QED) is 0.877. The van der Waals surface area contributed by atoms with Gasteiger partial charge in [-0.1, -0.05) is 12.1 Å². The van der Waals surface area contributed by atoms with E-state index in [1.54, 1.807) is 42.2 Å². The molecule has 2 fully saturated rings. The van der Waals surface area contributed by atoms with Gasteiger partial charge in [0.05, 0.1) is 6.04 Å². The molecule has 1 N–H and O–H groups in total. The van der Waals surface area contributed by atoms with E-state index in [9.17, 15) is 14.0 Å². The van der Waals surface area contributed by atoms with Gasteiger partial charge >= 0.3 is 6.03 Å². The highest BCUT2D eigenvalue weighted by atomic mass is 19.1. The van der Waals surface area contributed by atoms with Crippen molar-refractivity contribution in [2.75, 3.05) is 33.7 Å². The van der Waals surface area contributed by atoms with Gasteiger partial charge in [-0.05, 0) is 23.8 Å². The average molecular weight is 371 g/mol. The minimum absolute atomic E-state index is 0.0718. The molecule has 3 amide bonds. The number of urea groups is 1. The first kappa shape index (κ1) is 17.5. The first-order chi connectivity index (χ1) is 13.0. The molecule has 1 aromatic heterocycles. The molecule has 4 rings (SSSR count). The lowest BCUT2D eigenvalue weighted by molar-refractivity contribution is 0.0760. The van der Waals surface area contributed by atoms with Gasteiger partial charge in [-0.25, -0.2) is 9.18 Å². The van der Waals surface area contributed by atoms with Gasteiger partial charge < -0.3 is 14.7 Å². The Morgan fingerprint density at radius 3 is 2.70 bits per heavy atom. The molecule has 0 bridgehead atoms. The van der Waals surface area contributed by atoms with E-state index in [0.29, 0.717) is 25.3 Å². The summed E-state index contributed by atoms with van der Waals surface area (Å²) in [7, 11) is 3.43. The number of nitrogens with one attached hydrogen (secondary N) is 1. The lowest BCUT2D eigenvalue weighted by Crippen LogP contribution is -2.42. The molecule has 0 aliphatic carbocycles. The largest absolute Gasteiger partial charge is 0.337 e. The molecule has 2 aliphatic rings. The number of nitrogens with zero attached hydrogens (tertiary/aromatic N) is 4. The third-order valence-corrected chi connectivity index (χ3v) is 5.50. The number of rotatable bonds is 2. The molecule has 8 heteroatoms. The number of likely N-dealkylation sites (tertiary alicyclic amines) is 2. The fourth-order valence-electron chi connectivity index (χ4n) is 4.33. The third kappa shape index (κ3) is 3.05. The van der Waals surface area contributed by atoms with Gasteiger partial charge in [0, 0.05) is 51.8 Å². The number of hydrogen-bond acceptors (Lipinski definition) is 3. The van der Waals surface area contributed by atoms with Crippen LogP contribution in [0.1, 0.15) is 22.1 Å². The van der Waals surface area contributed by atoms with Gasteiger partial charge in [0.25, 0.3) is 5.91 Å². The monoisotopic (exact) mass is 371 g/mol. The number of carbonyl (C=O) groups is 2. The molecule has 2 saturated heterocycles. The van der Waals surface area contributed by atoms with E-state index in [1.165, 1.54) is 12.1 Å². The zero-order valence-electron chi connectivity index (χ0n) is 15.3. The fourth-order valence-corrected chi connectivity index (χ4v) is 4.33. The number of aromatic nitrogens is 2. The second-order valence-electron chi connectivity index (χ2n) is 7.43. The Morgan fingerprint density at radius 2 is 2.04 bits per heavy atom. The lowest BCUT2D eigenvalue weighted by atomic mass is 9.89. The Morgan fingerprint density at radius 1 is 1.22 bits per heavy atom. The normalized spacial score (nSPS) is 24.2. The zero-order chi connectivity index (χ0) is 19.1. The van der Waals surface area contributed by atoms with Crippen LogP contribution in [-0.4, -0.2) is 70.6 Å². The first-order valence-electron chi connectivity index (χ1n) is 8.97. The average Bonchev–Trinajstić information content (AvgIpc) is 3.35. The lowest BCUT2D eigenvalue weighted by Gasteiger charge is -2.31. The number of benzene rings is 1. The van der Waals surface area contributed by atoms with Gasteiger partial charge in [0.1, 0.15) is 11.5 Å². The van der Waals surface area contributed by atoms with Crippen molar-refractivity contribution in [1.82, 2.24) is 24.9 Å². The summed E-state index contributed by atoms with van der Waals surface area (Å²) in [6, 6.07) is 7.72. The Kier molecular flexibility index (Phi) is 4.33. The molecule has 142 valence electrons. The van der Waals surface area contributed by atoms with Crippen LogP contribution in [0.25, 0.3) is 0 Å². The van der Waals surface area contributed by atoms with Crippen LogP contribution >= 0.6 is 0 Å². The summed E-state index contributed by atoms with van der Waals surface area (Å²) >= 11 is 0. The summed E-state index contributed by atoms with van der Waals surface area (Å²) in [5, 5.41) is 6.55. The van der Waals surface area contributed by atoms with Crippen molar-refractivity contribution in [3.63, 3.8) is 0 Å². The fraction of sp³-hybridized carbons (Fsp3) is 0.421. The molecule has 1 aromatic carbocycles. The van der Waals surface area contributed by atoms with E-state index in [0.717, 1.165) is 5.56 Å². The summed E-state index contributed by atoms with van der Waals surface area (Å²) in [6.45, 7) is 1.65. The second-order valence-corrected chi connectivity index (χ2v) is 7.43. The third-order valence-electron chi connectivity index (χ3n) is 5.50. The van der Waals surface area contributed by atoms with E-state index < -0.39 is 0 Å². The van der Waals surface area contributed by atoms with E-state index in [4.69, 9.17) is 0 Å². The molecule has 2 aromatic rings. The van der Waals surface area contributed by atoms with E-state index >= 15 is 0 Å². The summed E-state index contributed by atoms with van der Waals surface area (Å²) < 4.78 is 13.9. The molecule has 27 heavy (non-hydrogen) atoms. The smallest absolute Gasteiger partial charge is 0.320 e. The number of fused-ring (bicyclic) bond motifs is 1. The van der Waals surface area contributed by atoms with Crippen LogP contribution in [0.4, 0.5) is 9.18 Å². The van der Waals surface area contributed by atoms with Crippen LogP contribution in [0.15, 0.2) is 36.5 Å². The zero-order valence-corrected chi connectivity index (χ0v) is 15.3. The van der Waals surface area contributed by atoms with E-state index in [2.05, 4.69) is 10.2 Å². The number of halogens is 1. The molecule has 3 heterocycles. The predicted molar refractivity (Wildman–Crippen MR) is 96.4 cm³/mol. The van der Waals surface area contributed by atoms with Crippen molar-refractivity contribution in [3.05, 3.63) is 53.6 Å². The van der Waals surface area contributed by atoms with Crippen molar-refractivity contribution < 1.29 is 14.0 Å². The van der Waals surface area contributed by atoms with Crippen LogP contribution in [0.5, 0.6) is 0 Å². The Bertz CT molecular complexity index is 854.